The van der Waals surface area contributed by atoms with Crippen LogP contribution >= 0.6 is 23.4 Å². The van der Waals surface area contributed by atoms with Crippen molar-refractivity contribution in [3.8, 4) is 0 Å². The highest BCUT2D eigenvalue weighted by atomic mass is 35.5. The fourth-order valence-electron chi connectivity index (χ4n) is 2.90. The van der Waals surface area contributed by atoms with Gasteiger partial charge in [0.25, 0.3) is 0 Å². The maximum Gasteiger partial charge on any atom is 0.0417 e. The highest BCUT2D eigenvalue weighted by Crippen LogP contribution is 2.44. The largest absolute Gasteiger partial charge is 0.121 e. The molecular formula is C17H17ClS. The minimum Gasteiger partial charge on any atom is -0.121 e. The molecule has 0 amide bonds. The Labute approximate surface area is 124 Å². The molecule has 0 N–H and O–H groups in total. The van der Waals surface area contributed by atoms with Crippen LogP contribution in [0.3, 0.4) is 0 Å². The van der Waals surface area contributed by atoms with Crippen LogP contribution in [0.5, 0.6) is 0 Å². The average Bonchev–Trinajstić information content (AvgIpc) is 2.55. The van der Waals surface area contributed by atoms with Crippen molar-refractivity contribution in [3.05, 3.63) is 64.2 Å². The van der Waals surface area contributed by atoms with Crippen LogP contribution in [0.2, 0.25) is 5.02 Å². The molecule has 1 aliphatic rings. The minimum atomic E-state index is 0.471. The number of hydrogen-bond acceptors (Lipinski definition) is 1. The molecule has 3 rings (SSSR count). The molecule has 2 heteroatoms. The zero-order chi connectivity index (χ0) is 13.4. The lowest BCUT2D eigenvalue weighted by Gasteiger charge is -2.23. The van der Waals surface area contributed by atoms with E-state index in [1.807, 2.05) is 17.8 Å². The van der Waals surface area contributed by atoms with E-state index in [1.54, 1.807) is 0 Å². The first-order valence-corrected chi connectivity index (χ1v) is 8.03. The lowest BCUT2D eigenvalue weighted by atomic mass is 9.81. The van der Waals surface area contributed by atoms with Crippen LogP contribution in [-0.2, 0) is 5.75 Å². The lowest BCUT2D eigenvalue weighted by Crippen LogP contribution is -2.10. The van der Waals surface area contributed by atoms with Crippen molar-refractivity contribution in [2.45, 2.75) is 30.4 Å². The number of hydrogen-bond donors (Lipinski definition) is 0. The van der Waals surface area contributed by atoms with Crippen LogP contribution in [0.1, 0.15) is 36.5 Å². The fraction of sp³-hybridized carbons (Fsp3) is 0.294. The lowest BCUT2D eigenvalue weighted by molar-refractivity contribution is 0.556. The number of halogens is 1. The number of benzene rings is 2. The quantitative estimate of drug-likeness (QED) is 0.645. The number of thioether (sulfide) groups is 1. The Bertz CT molecular complexity index is 604. The first-order valence-electron chi connectivity index (χ1n) is 6.67. The van der Waals surface area contributed by atoms with Gasteiger partial charge in [-0.3, -0.25) is 0 Å². The summed E-state index contributed by atoms with van der Waals surface area (Å²) in [5.41, 5.74) is 4.36. The van der Waals surface area contributed by atoms with E-state index in [-0.39, 0.29) is 0 Å². The van der Waals surface area contributed by atoms with Crippen molar-refractivity contribution < 1.29 is 0 Å². The van der Waals surface area contributed by atoms with Crippen molar-refractivity contribution in [1.82, 2.24) is 0 Å². The molecule has 0 saturated carbocycles. The van der Waals surface area contributed by atoms with E-state index in [0.29, 0.717) is 11.8 Å². The molecule has 1 unspecified atom stereocenters. The van der Waals surface area contributed by atoms with Gasteiger partial charge in [0.05, 0.1) is 0 Å². The molecule has 2 aromatic rings. The second-order valence-electron chi connectivity index (χ2n) is 5.39. The zero-order valence-electron chi connectivity index (χ0n) is 11.2. The van der Waals surface area contributed by atoms with Crippen molar-refractivity contribution in [1.29, 1.82) is 0 Å². The van der Waals surface area contributed by atoms with Crippen LogP contribution < -0.4 is 0 Å². The Morgan fingerprint density at radius 2 is 1.89 bits per heavy atom. The first kappa shape index (κ1) is 13.1. The summed E-state index contributed by atoms with van der Waals surface area (Å²) in [6, 6.07) is 15.2. The van der Waals surface area contributed by atoms with Crippen LogP contribution in [0.25, 0.3) is 0 Å². The van der Waals surface area contributed by atoms with Gasteiger partial charge in [0.1, 0.15) is 0 Å². The summed E-state index contributed by atoms with van der Waals surface area (Å²) in [5, 5.41) is 0.833. The summed E-state index contributed by atoms with van der Waals surface area (Å²) in [7, 11) is 0. The third-order valence-electron chi connectivity index (χ3n) is 3.75. The Kier molecular flexibility index (Phi) is 3.60. The molecule has 1 atom stereocenters. The second kappa shape index (κ2) is 5.22. The SMILES string of the molecule is CC(C)C1c2ccccc2CSc2cc(Cl)ccc21. The summed E-state index contributed by atoms with van der Waals surface area (Å²) < 4.78 is 0. The van der Waals surface area contributed by atoms with Crippen molar-refractivity contribution in [2.75, 3.05) is 0 Å². The standard InChI is InChI=1S/C17H17ClS/c1-11(2)17-14-6-4-3-5-12(14)10-19-16-9-13(18)7-8-15(16)17/h3-9,11,17H,10H2,1-2H3. The maximum absolute atomic E-state index is 6.16. The molecule has 0 saturated heterocycles. The summed E-state index contributed by atoms with van der Waals surface area (Å²) >= 11 is 8.06. The zero-order valence-corrected chi connectivity index (χ0v) is 12.8. The molecular weight excluding hydrogens is 272 g/mol. The van der Waals surface area contributed by atoms with Crippen molar-refractivity contribution in [2.24, 2.45) is 5.92 Å². The van der Waals surface area contributed by atoms with E-state index in [9.17, 15) is 0 Å². The van der Waals surface area contributed by atoms with Crippen LogP contribution in [0.4, 0.5) is 0 Å². The minimum absolute atomic E-state index is 0.471. The van der Waals surface area contributed by atoms with Crippen LogP contribution in [0.15, 0.2) is 47.4 Å². The van der Waals surface area contributed by atoms with Gasteiger partial charge in [-0.1, -0.05) is 55.8 Å². The Morgan fingerprint density at radius 1 is 1.11 bits per heavy atom. The van der Waals surface area contributed by atoms with E-state index < -0.39 is 0 Å². The molecule has 2 aromatic carbocycles. The molecule has 1 heterocycles. The third-order valence-corrected chi connectivity index (χ3v) is 5.11. The number of fused-ring (bicyclic) bond motifs is 2. The van der Waals surface area contributed by atoms with Gasteiger partial charge in [0.2, 0.25) is 0 Å². The molecule has 0 spiro atoms. The summed E-state index contributed by atoms with van der Waals surface area (Å²) in [6.45, 7) is 4.60. The van der Waals surface area contributed by atoms with E-state index in [2.05, 4.69) is 50.2 Å². The van der Waals surface area contributed by atoms with Crippen molar-refractivity contribution >= 4 is 23.4 Å². The Morgan fingerprint density at radius 3 is 2.68 bits per heavy atom. The summed E-state index contributed by atoms with van der Waals surface area (Å²) in [5.74, 6) is 2.09. The Balaban J connectivity index is 2.21. The average molecular weight is 289 g/mol. The summed E-state index contributed by atoms with van der Waals surface area (Å²) in [4.78, 5) is 1.34. The highest BCUT2D eigenvalue weighted by molar-refractivity contribution is 7.98. The van der Waals surface area contributed by atoms with Gasteiger partial charge in [0.15, 0.2) is 0 Å². The monoisotopic (exact) mass is 288 g/mol. The first-order chi connectivity index (χ1) is 9.16. The molecule has 0 fully saturated rings. The molecule has 0 aliphatic carbocycles. The summed E-state index contributed by atoms with van der Waals surface area (Å²) in [6.07, 6.45) is 0. The predicted octanol–water partition coefficient (Wildman–Crippen LogP) is 5.73. The molecule has 0 bridgehead atoms. The van der Waals surface area contributed by atoms with Crippen molar-refractivity contribution in [3.63, 3.8) is 0 Å². The van der Waals surface area contributed by atoms with Gasteiger partial charge in [0, 0.05) is 21.6 Å². The van der Waals surface area contributed by atoms with Gasteiger partial charge in [-0.2, -0.15) is 0 Å². The molecule has 1 aliphatic heterocycles. The third kappa shape index (κ3) is 2.42. The van der Waals surface area contributed by atoms with Gasteiger partial charge in [-0.05, 0) is 34.7 Å². The molecule has 0 aromatic heterocycles. The molecule has 0 nitrogen and oxygen atoms in total. The Hall–Kier alpha value is -0.920. The van der Waals surface area contributed by atoms with E-state index >= 15 is 0 Å². The van der Waals surface area contributed by atoms with Gasteiger partial charge in [-0.15, -0.1) is 11.8 Å². The van der Waals surface area contributed by atoms with E-state index in [1.165, 1.54) is 21.6 Å². The highest BCUT2D eigenvalue weighted by Gasteiger charge is 2.26. The topological polar surface area (TPSA) is 0 Å². The number of rotatable bonds is 1. The van der Waals surface area contributed by atoms with Crippen LogP contribution in [-0.4, -0.2) is 0 Å². The molecule has 98 valence electrons. The normalized spacial score (nSPS) is 17.8. The van der Waals surface area contributed by atoms with Gasteiger partial charge in [-0.25, -0.2) is 0 Å². The molecule has 0 radical (unpaired) electrons. The fourth-order valence-corrected chi connectivity index (χ4v) is 4.28. The van der Waals surface area contributed by atoms with Gasteiger partial charge >= 0.3 is 0 Å². The van der Waals surface area contributed by atoms with E-state index in [0.717, 1.165) is 10.8 Å². The maximum atomic E-state index is 6.16. The van der Waals surface area contributed by atoms with Gasteiger partial charge < -0.3 is 0 Å². The van der Waals surface area contributed by atoms with Crippen LogP contribution in [0, 0.1) is 5.92 Å². The predicted molar refractivity (Wildman–Crippen MR) is 84.1 cm³/mol. The second-order valence-corrected chi connectivity index (χ2v) is 6.84. The molecule has 19 heavy (non-hydrogen) atoms. The van der Waals surface area contributed by atoms with E-state index in [4.69, 9.17) is 11.6 Å². The smallest absolute Gasteiger partial charge is 0.0417 e.